The average molecular weight is 400 g/mol. The lowest BCUT2D eigenvalue weighted by molar-refractivity contribution is -0.141. The molecule has 0 fully saturated rings. The van der Waals surface area contributed by atoms with Gasteiger partial charge in [-0.3, -0.25) is 4.79 Å². The molecule has 2 heterocycles. The summed E-state index contributed by atoms with van der Waals surface area (Å²) < 4.78 is 16.2. The van der Waals surface area contributed by atoms with Gasteiger partial charge < -0.3 is 19.5 Å². The van der Waals surface area contributed by atoms with Crippen molar-refractivity contribution in [3.63, 3.8) is 0 Å². The molecule has 0 bridgehead atoms. The SMILES string of the molecule is CC1=C(C(=O)OCc2ccc3c(c2)OCO3)C(c2ccccc2Cl)CC(=O)N1. The maximum Gasteiger partial charge on any atom is 0.336 e. The normalized spacial score (nSPS) is 18.1. The van der Waals surface area contributed by atoms with Crippen LogP contribution in [0.5, 0.6) is 11.5 Å². The van der Waals surface area contributed by atoms with Gasteiger partial charge in [-0.05, 0) is 36.2 Å². The highest BCUT2D eigenvalue weighted by Crippen LogP contribution is 2.37. The monoisotopic (exact) mass is 399 g/mol. The van der Waals surface area contributed by atoms with Crippen LogP contribution in [0.3, 0.4) is 0 Å². The summed E-state index contributed by atoms with van der Waals surface area (Å²) in [6.45, 7) is 1.96. The van der Waals surface area contributed by atoms with E-state index in [4.69, 9.17) is 25.8 Å². The van der Waals surface area contributed by atoms with E-state index in [1.54, 1.807) is 25.1 Å². The number of rotatable bonds is 4. The largest absolute Gasteiger partial charge is 0.457 e. The Balaban J connectivity index is 1.56. The first-order valence-corrected chi connectivity index (χ1v) is 9.21. The van der Waals surface area contributed by atoms with Gasteiger partial charge in [0.05, 0.1) is 5.57 Å². The third-order valence-electron chi connectivity index (χ3n) is 4.78. The Bertz CT molecular complexity index is 985. The average Bonchev–Trinajstić information content (AvgIpc) is 3.13. The maximum atomic E-state index is 12.9. The molecule has 7 heteroatoms. The van der Waals surface area contributed by atoms with Gasteiger partial charge in [-0.1, -0.05) is 35.9 Å². The van der Waals surface area contributed by atoms with E-state index in [1.165, 1.54) is 0 Å². The molecule has 144 valence electrons. The van der Waals surface area contributed by atoms with Crippen LogP contribution in [0.2, 0.25) is 5.02 Å². The number of allylic oxidation sites excluding steroid dienone is 1. The van der Waals surface area contributed by atoms with Gasteiger partial charge in [0, 0.05) is 23.1 Å². The van der Waals surface area contributed by atoms with Crippen LogP contribution in [0.4, 0.5) is 0 Å². The van der Waals surface area contributed by atoms with Crippen molar-refractivity contribution in [1.29, 1.82) is 0 Å². The number of amides is 1. The van der Waals surface area contributed by atoms with Gasteiger partial charge in [0.25, 0.3) is 0 Å². The molecule has 0 radical (unpaired) electrons. The molecule has 4 rings (SSSR count). The smallest absolute Gasteiger partial charge is 0.336 e. The van der Waals surface area contributed by atoms with Crippen LogP contribution >= 0.6 is 11.6 Å². The number of fused-ring (bicyclic) bond motifs is 1. The van der Waals surface area contributed by atoms with Gasteiger partial charge in [-0.2, -0.15) is 0 Å². The third-order valence-corrected chi connectivity index (χ3v) is 5.12. The number of carbonyl (C=O) groups is 2. The van der Waals surface area contributed by atoms with Crippen LogP contribution in [-0.2, 0) is 20.9 Å². The summed E-state index contributed by atoms with van der Waals surface area (Å²) in [7, 11) is 0. The highest BCUT2D eigenvalue weighted by molar-refractivity contribution is 6.31. The van der Waals surface area contributed by atoms with Crippen LogP contribution in [-0.4, -0.2) is 18.7 Å². The Morgan fingerprint density at radius 2 is 2.00 bits per heavy atom. The summed E-state index contributed by atoms with van der Waals surface area (Å²) in [6, 6.07) is 12.6. The van der Waals surface area contributed by atoms with E-state index in [0.29, 0.717) is 27.8 Å². The van der Waals surface area contributed by atoms with E-state index in [1.807, 2.05) is 24.3 Å². The molecule has 2 aliphatic heterocycles. The van der Waals surface area contributed by atoms with Crippen LogP contribution < -0.4 is 14.8 Å². The molecule has 0 saturated heterocycles. The number of ether oxygens (including phenoxy) is 3. The minimum absolute atomic E-state index is 0.0788. The summed E-state index contributed by atoms with van der Waals surface area (Å²) in [5, 5.41) is 3.23. The Kier molecular flexibility index (Phi) is 4.96. The summed E-state index contributed by atoms with van der Waals surface area (Å²) in [4.78, 5) is 24.9. The van der Waals surface area contributed by atoms with Crippen molar-refractivity contribution < 1.29 is 23.8 Å². The number of halogens is 1. The number of hydrogen-bond donors (Lipinski definition) is 1. The zero-order chi connectivity index (χ0) is 19.7. The number of hydrogen-bond acceptors (Lipinski definition) is 5. The molecular formula is C21H18ClNO5. The minimum Gasteiger partial charge on any atom is -0.457 e. The maximum absolute atomic E-state index is 12.9. The van der Waals surface area contributed by atoms with Gasteiger partial charge in [-0.25, -0.2) is 4.79 Å². The van der Waals surface area contributed by atoms with E-state index in [2.05, 4.69) is 5.32 Å². The van der Waals surface area contributed by atoms with Gasteiger partial charge in [0.15, 0.2) is 11.5 Å². The first-order valence-electron chi connectivity index (χ1n) is 8.83. The molecule has 0 spiro atoms. The zero-order valence-corrected chi connectivity index (χ0v) is 15.9. The van der Waals surface area contributed by atoms with Crippen LogP contribution in [0.25, 0.3) is 0 Å². The lowest BCUT2D eigenvalue weighted by Gasteiger charge is -2.27. The summed E-state index contributed by atoms with van der Waals surface area (Å²) in [6.07, 6.45) is 0.134. The van der Waals surface area contributed by atoms with Crippen LogP contribution in [0.15, 0.2) is 53.7 Å². The van der Waals surface area contributed by atoms with Crippen molar-refractivity contribution >= 4 is 23.5 Å². The first kappa shape index (κ1) is 18.4. The minimum atomic E-state index is -0.486. The van der Waals surface area contributed by atoms with Crippen LogP contribution in [0, 0.1) is 0 Å². The van der Waals surface area contributed by atoms with Gasteiger partial charge in [0.2, 0.25) is 12.7 Å². The fraction of sp³-hybridized carbons (Fsp3) is 0.238. The lowest BCUT2D eigenvalue weighted by atomic mass is 9.84. The standard InChI is InChI=1S/C21H18ClNO5/c1-12-20(15(9-19(24)23-12)14-4-2-3-5-16(14)22)21(25)26-10-13-6-7-17-18(8-13)28-11-27-17/h2-8,15H,9-11H2,1H3,(H,23,24). The molecule has 0 aliphatic carbocycles. The highest BCUT2D eigenvalue weighted by Gasteiger charge is 2.33. The third kappa shape index (κ3) is 3.55. The quantitative estimate of drug-likeness (QED) is 0.794. The molecule has 1 atom stereocenters. The van der Waals surface area contributed by atoms with E-state index in [9.17, 15) is 9.59 Å². The summed E-state index contributed by atoms with van der Waals surface area (Å²) in [5.41, 5.74) is 2.41. The van der Waals surface area contributed by atoms with Crippen molar-refractivity contribution in [3.8, 4) is 11.5 Å². The summed E-state index contributed by atoms with van der Waals surface area (Å²) >= 11 is 6.32. The number of benzene rings is 2. The van der Waals surface area contributed by atoms with Crippen molar-refractivity contribution in [3.05, 3.63) is 69.9 Å². The highest BCUT2D eigenvalue weighted by atomic mass is 35.5. The van der Waals surface area contributed by atoms with Crippen molar-refractivity contribution in [2.24, 2.45) is 0 Å². The fourth-order valence-electron chi connectivity index (χ4n) is 3.45. The molecule has 2 aromatic rings. The van der Waals surface area contributed by atoms with Crippen molar-refractivity contribution in [2.45, 2.75) is 25.9 Å². The van der Waals surface area contributed by atoms with Gasteiger partial charge >= 0.3 is 5.97 Å². The van der Waals surface area contributed by atoms with Gasteiger partial charge in [-0.15, -0.1) is 0 Å². The van der Waals surface area contributed by atoms with Crippen molar-refractivity contribution in [2.75, 3.05) is 6.79 Å². The Morgan fingerprint density at radius 1 is 1.21 bits per heavy atom. The second-order valence-corrected chi connectivity index (χ2v) is 7.04. The molecule has 6 nitrogen and oxygen atoms in total. The predicted molar refractivity (Wildman–Crippen MR) is 102 cm³/mol. The first-order chi connectivity index (χ1) is 13.5. The van der Waals surface area contributed by atoms with E-state index in [0.717, 1.165) is 11.1 Å². The zero-order valence-electron chi connectivity index (χ0n) is 15.2. The molecule has 1 amide bonds. The molecule has 1 N–H and O–H groups in total. The molecule has 2 aromatic carbocycles. The number of carbonyl (C=O) groups excluding carboxylic acids is 2. The summed E-state index contributed by atoms with van der Waals surface area (Å²) in [5.74, 6) is 0.201. The molecule has 1 unspecified atom stereocenters. The number of esters is 1. The number of nitrogens with one attached hydrogen (secondary N) is 1. The van der Waals surface area contributed by atoms with Crippen LogP contribution in [0.1, 0.15) is 30.4 Å². The predicted octanol–water partition coefficient (Wildman–Crippen LogP) is 3.69. The lowest BCUT2D eigenvalue weighted by Crippen LogP contribution is -2.34. The topological polar surface area (TPSA) is 73.9 Å². The van der Waals surface area contributed by atoms with E-state index in [-0.39, 0.29) is 25.7 Å². The second-order valence-electron chi connectivity index (χ2n) is 6.63. The molecule has 0 saturated carbocycles. The van der Waals surface area contributed by atoms with Crippen molar-refractivity contribution in [1.82, 2.24) is 5.32 Å². The second kappa shape index (κ2) is 7.56. The molecule has 28 heavy (non-hydrogen) atoms. The molecule has 2 aliphatic rings. The Hall–Kier alpha value is -2.99. The Morgan fingerprint density at radius 3 is 2.82 bits per heavy atom. The Labute approximate surface area is 167 Å². The van der Waals surface area contributed by atoms with E-state index < -0.39 is 11.9 Å². The van der Waals surface area contributed by atoms with Gasteiger partial charge in [0.1, 0.15) is 6.61 Å². The molecule has 0 aromatic heterocycles. The molecular weight excluding hydrogens is 382 g/mol. The van der Waals surface area contributed by atoms with E-state index >= 15 is 0 Å². The fourth-order valence-corrected chi connectivity index (χ4v) is 3.72.